The van der Waals surface area contributed by atoms with Crippen LogP contribution < -0.4 is 9.44 Å². The van der Waals surface area contributed by atoms with Crippen molar-refractivity contribution in [2.24, 2.45) is 0 Å². The normalized spacial score (nSPS) is 11.4. The van der Waals surface area contributed by atoms with Gasteiger partial charge in [0, 0.05) is 23.3 Å². The van der Waals surface area contributed by atoms with E-state index in [2.05, 4.69) is 19.6 Å². The van der Waals surface area contributed by atoms with Crippen LogP contribution in [-0.2, 0) is 16.8 Å². The minimum absolute atomic E-state index is 0.191. The molecule has 24 heavy (non-hydrogen) atoms. The van der Waals surface area contributed by atoms with Gasteiger partial charge in [0.15, 0.2) is 0 Å². The third-order valence-corrected chi connectivity index (χ3v) is 4.57. The van der Waals surface area contributed by atoms with Gasteiger partial charge in [-0.2, -0.15) is 18.2 Å². The number of benzene rings is 2. The average molecular weight is 363 g/mol. The first-order valence-electron chi connectivity index (χ1n) is 7.14. The second-order valence-corrected chi connectivity index (χ2v) is 7.01. The van der Waals surface area contributed by atoms with Crippen molar-refractivity contribution < 1.29 is 8.42 Å². The summed E-state index contributed by atoms with van der Waals surface area (Å²) in [5, 5.41) is 7.12. The Labute approximate surface area is 145 Å². The molecule has 2 aromatic carbocycles. The van der Waals surface area contributed by atoms with Crippen molar-refractivity contribution in [3.8, 4) is 11.3 Å². The summed E-state index contributed by atoms with van der Waals surface area (Å²) in [7, 11) is -3.76. The van der Waals surface area contributed by atoms with Crippen molar-refractivity contribution in [2.75, 3.05) is 4.72 Å². The van der Waals surface area contributed by atoms with Gasteiger partial charge in [0.25, 0.3) is 10.2 Å². The van der Waals surface area contributed by atoms with Gasteiger partial charge in [0.2, 0.25) is 0 Å². The molecule has 0 aliphatic rings. The van der Waals surface area contributed by atoms with Crippen LogP contribution in [0.5, 0.6) is 0 Å². The quantitative estimate of drug-likeness (QED) is 0.629. The SMILES string of the molecule is O=S(=O)(NCc1ccccc1)Nc1cc(Cl)ccc1-c1ccn[nH]1. The van der Waals surface area contributed by atoms with Crippen LogP contribution >= 0.6 is 11.6 Å². The monoisotopic (exact) mass is 362 g/mol. The van der Waals surface area contributed by atoms with Crippen molar-refractivity contribution in [1.82, 2.24) is 14.9 Å². The van der Waals surface area contributed by atoms with Crippen molar-refractivity contribution in [3.05, 3.63) is 71.4 Å². The first-order chi connectivity index (χ1) is 11.5. The second kappa shape index (κ2) is 7.04. The Hall–Kier alpha value is -2.35. The number of nitrogens with one attached hydrogen (secondary N) is 3. The highest BCUT2D eigenvalue weighted by Crippen LogP contribution is 2.29. The first-order valence-corrected chi connectivity index (χ1v) is 9.00. The number of aromatic amines is 1. The summed E-state index contributed by atoms with van der Waals surface area (Å²) in [4.78, 5) is 0. The molecular formula is C16H15ClN4O2S. The Bertz CT molecular complexity index is 913. The molecule has 0 radical (unpaired) electrons. The molecule has 0 fully saturated rings. The summed E-state index contributed by atoms with van der Waals surface area (Å²) < 4.78 is 29.7. The lowest BCUT2D eigenvalue weighted by Crippen LogP contribution is -2.29. The third kappa shape index (κ3) is 4.14. The first kappa shape index (κ1) is 16.5. The number of H-pyrrole nitrogens is 1. The zero-order valence-electron chi connectivity index (χ0n) is 12.5. The van der Waals surface area contributed by atoms with Crippen LogP contribution in [-0.4, -0.2) is 18.6 Å². The predicted molar refractivity (Wildman–Crippen MR) is 94.9 cm³/mol. The third-order valence-electron chi connectivity index (χ3n) is 3.33. The molecule has 0 aliphatic heterocycles. The zero-order valence-corrected chi connectivity index (χ0v) is 14.1. The molecule has 0 saturated carbocycles. The molecule has 0 unspecified atom stereocenters. The van der Waals surface area contributed by atoms with E-state index >= 15 is 0 Å². The minimum Gasteiger partial charge on any atom is -0.278 e. The molecule has 0 aliphatic carbocycles. The van der Waals surface area contributed by atoms with Gasteiger partial charge >= 0.3 is 0 Å². The standard InChI is InChI=1S/C16H15ClN4O2S/c17-13-6-7-14(15-8-9-18-20-15)16(10-13)21-24(22,23)19-11-12-4-2-1-3-5-12/h1-10,19,21H,11H2,(H,18,20). The molecule has 0 bridgehead atoms. The maximum Gasteiger partial charge on any atom is 0.299 e. The number of anilines is 1. The maximum absolute atomic E-state index is 12.3. The summed E-state index contributed by atoms with van der Waals surface area (Å²) in [6, 6.07) is 16.0. The Morgan fingerprint density at radius 3 is 2.58 bits per heavy atom. The van der Waals surface area contributed by atoms with Crippen LogP contribution in [0.1, 0.15) is 5.56 Å². The van der Waals surface area contributed by atoms with Crippen molar-refractivity contribution >= 4 is 27.5 Å². The molecule has 1 aromatic heterocycles. The maximum atomic E-state index is 12.3. The Morgan fingerprint density at radius 1 is 1.08 bits per heavy atom. The van der Waals surface area contributed by atoms with Gasteiger partial charge in [-0.25, -0.2) is 0 Å². The van der Waals surface area contributed by atoms with E-state index in [4.69, 9.17) is 11.6 Å². The summed E-state index contributed by atoms with van der Waals surface area (Å²) >= 11 is 6.00. The van der Waals surface area contributed by atoms with Gasteiger partial charge in [-0.05, 0) is 29.8 Å². The molecule has 8 heteroatoms. The fraction of sp³-hybridized carbons (Fsp3) is 0.0625. The summed E-state index contributed by atoms with van der Waals surface area (Å²) in [6.07, 6.45) is 1.59. The number of nitrogens with zero attached hydrogens (tertiary/aromatic N) is 1. The number of halogens is 1. The van der Waals surface area contributed by atoms with E-state index in [9.17, 15) is 8.42 Å². The van der Waals surface area contributed by atoms with E-state index in [0.717, 1.165) is 5.56 Å². The molecule has 0 saturated heterocycles. The summed E-state index contributed by atoms with van der Waals surface area (Å²) in [5.41, 5.74) is 2.57. The van der Waals surface area contributed by atoms with Crippen LogP contribution in [0.2, 0.25) is 5.02 Å². The van der Waals surface area contributed by atoms with Crippen LogP contribution in [0.25, 0.3) is 11.3 Å². The van der Waals surface area contributed by atoms with Gasteiger partial charge in [-0.3, -0.25) is 9.82 Å². The molecule has 3 aromatic rings. The molecule has 6 nitrogen and oxygen atoms in total. The summed E-state index contributed by atoms with van der Waals surface area (Å²) in [6.45, 7) is 0.191. The number of hydrogen-bond acceptors (Lipinski definition) is 3. The number of aromatic nitrogens is 2. The minimum atomic E-state index is -3.76. The zero-order chi connectivity index (χ0) is 17.0. The topological polar surface area (TPSA) is 86.9 Å². The van der Waals surface area contributed by atoms with Crippen LogP contribution in [0, 0.1) is 0 Å². The second-order valence-electron chi connectivity index (χ2n) is 5.07. The molecule has 0 atom stereocenters. The van der Waals surface area contributed by atoms with Crippen LogP contribution in [0.4, 0.5) is 5.69 Å². The van der Waals surface area contributed by atoms with Crippen LogP contribution in [0.3, 0.4) is 0 Å². The molecule has 3 rings (SSSR count). The van der Waals surface area contributed by atoms with E-state index < -0.39 is 10.2 Å². The van der Waals surface area contributed by atoms with Crippen LogP contribution in [0.15, 0.2) is 60.8 Å². The molecular weight excluding hydrogens is 348 g/mol. The Morgan fingerprint density at radius 2 is 1.88 bits per heavy atom. The largest absolute Gasteiger partial charge is 0.299 e. The lowest BCUT2D eigenvalue weighted by molar-refractivity contribution is 0.587. The smallest absolute Gasteiger partial charge is 0.278 e. The Balaban J connectivity index is 1.81. The molecule has 124 valence electrons. The van der Waals surface area contributed by atoms with E-state index in [-0.39, 0.29) is 6.54 Å². The van der Waals surface area contributed by atoms with Gasteiger partial charge in [-0.1, -0.05) is 41.9 Å². The molecule has 0 spiro atoms. The van der Waals surface area contributed by atoms with E-state index in [1.54, 1.807) is 30.5 Å². The van der Waals surface area contributed by atoms with Crippen molar-refractivity contribution in [2.45, 2.75) is 6.54 Å². The lowest BCUT2D eigenvalue weighted by Gasteiger charge is -2.13. The lowest BCUT2D eigenvalue weighted by atomic mass is 10.1. The van der Waals surface area contributed by atoms with Crippen molar-refractivity contribution in [1.29, 1.82) is 0 Å². The van der Waals surface area contributed by atoms with Crippen molar-refractivity contribution in [3.63, 3.8) is 0 Å². The van der Waals surface area contributed by atoms with E-state index in [1.807, 2.05) is 30.3 Å². The fourth-order valence-corrected chi connectivity index (χ4v) is 3.26. The summed E-state index contributed by atoms with van der Waals surface area (Å²) in [5.74, 6) is 0. The van der Waals surface area contributed by atoms with Gasteiger partial charge in [0.05, 0.1) is 11.4 Å². The highest BCUT2D eigenvalue weighted by atomic mass is 35.5. The fourth-order valence-electron chi connectivity index (χ4n) is 2.20. The number of rotatable bonds is 6. The van der Waals surface area contributed by atoms with Gasteiger partial charge in [-0.15, -0.1) is 0 Å². The predicted octanol–water partition coefficient (Wildman–Crippen LogP) is 3.18. The van der Waals surface area contributed by atoms with E-state index in [1.165, 1.54) is 0 Å². The van der Waals surface area contributed by atoms with E-state index in [0.29, 0.717) is 22.0 Å². The molecule has 0 amide bonds. The molecule has 1 heterocycles. The van der Waals surface area contributed by atoms with Gasteiger partial charge in [0.1, 0.15) is 0 Å². The molecule has 3 N–H and O–H groups in total. The average Bonchev–Trinajstić information content (AvgIpc) is 3.08. The highest BCUT2D eigenvalue weighted by molar-refractivity contribution is 7.90. The highest BCUT2D eigenvalue weighted by Gasteiger charge is 2.14. The number of hydrogen-bond donors (Lipinski definition) is 3. The van der Waals surface area contributed by atoms with Gasteiger partial charge < -0.3 is 0 Å². The Kier molecular flexibility index (Phi) is 4.84.